The lowest BCUT2D eigenvalue weighted by Gasteiger charge is -2.19. The van der Waals surface area contributed by atoms with Crippen molar-refractivity contribution in [3.8, 4) is 0 Å². The Labute approximate surface area is 102 Å². The lowest BCUT2D eigenvalue weighted by Crippen LogP contribution is -2.37. The molecule has 8 heteroatoms. The van der Waals surface area contributed by atoms with Crippen LogP contribution in [-0.2, 0) is 15.0 Å². The van der Waals surface area contributed by atoms with Crippen molar-refractivity contribution in [2.45, 2.75) is 6.42 Å². The molecule has 1 fully saturated rings. The average Bonchev–Trinajstić information content (AvgIpc) is 2.47. The first-order chi connectivity index (χ1) is 7.84. The molecule has 0 aromatic heterocycles. The van der Waals surface area contributed by atoms with E-state index in [0.717, 1.165) is 0 Å². The van der Waals surface area contributed by atoms with Crippen LogP contribution in [0.15, 0.2) is 0 Å². The maximum atomic E-state index is 12.0. The number of hydrogen-bond acceptors (Lipinski definition) is 4. The molecule has 1 aliphatic heterocycles. The first-order valence-electron chi connectivity index (χ1n) is 5.46. The fourth-order valence-corrected chi connectivity index (χ4v) is 3.19. The summed E-state index contributed by atoms with van der Waals surface area (Å²) in [6.45, 7) is 1.97. The lowest BCUT2D eigenvalue weighted by molar-refractivity contribution is -0.137. The van der Waals surface area contributed by atoms with E-state index >= 15 is 0 Å². The van der Waals surface area contributed by atoms with Gasteiger partial charge in [0.1, 0.15) is 0 Å². The van der Waals surface area contributed by atoms with Crippen LogP contribution in [-0.4, -0.2) is 79.8 Å². The molecule has 0 radical (unpaired) electrons. The molecule has 0 unspecified atom stereocenters. The Hall–Kier alpha value is -0.700. The van der Waals surface area contributed by atoms with Crippen molar-refractivity contribution in [3.63, 3.8) is 0 Å². The summed E-state index contributed by atoms with van der Waals surface area (Å²) < 4.78 is 26.5. The van der Waals surface area contributed by atoms with E-state index in [2.05, 4.69) is 0 Å². The molecular weight excluding hydrogens is 246 g/mol. The van der Waals surface area contributed by atoms with Gasteiger partial charge in [-0.2, -0.15) is 17.0 Å². The second-order valence-corrected chi connectivity index (χ2v) is 6.18. The molecule has 0 bridgehead atoms. The van der Waals surface area contributed by atoms with Gasteiger partial charge >= 0.3 is 5.97 Å². The van der Waals surface area contributed by atoms with Crippen LogP contribution in [0.3, 0.4) is 0 Å². The predicted molar refractivity (Wildman–Crippen MR) is 62.9 cm³/mol. The molecule has 0 saturated carbocycles. The van der Waals surface area contributed by atoms with Gasteiger partial charge < -0.3 is 10.0 Å². The molecule has 0 amide bonds. The molecule has 100 valence electrons. The SMILES string of the molecule is CN(C)CCN1CCN(CCC(=O)O)S1(=O)=O. The molecule has 0 atom stereocenters. The van der Waals surface area contributed by atoms with Gasteiger partial charge in [-0.15, -0.1) is 0 Å². The zero-order chi connectivity index (χ0) is 13.1. The first kappa shape index (κ1) is 14.4. The Kier molecular flexibility index (Phi) is 4.87. The molecule has 0 aliphatic carbocycles. The van der Waals surface area contributed by atoms with Gasteiger partial charge in [-0.3, -0.25) is 4.79 Å². The summed E-state index contributed by atoms with van der Waals surface area (Å²) in [4.78, 5) is 12.3. The van der Waals surface area contributed by atoms with Crippen LogP contribution in [0.4, 0.5) is 0 Å². The van der Waals surface area contributed by atoms with Crippen molar-refractivity contribution in [3.05, 3.63) is 0 Å². The van der Waals surface area contributed by atoms with E-state index in [1.54, 1.807) is 0 Å². The van der Waals surface area contributed by atoms with Crippen molar-refractivity contribution < 1.29 is 18.3 Å². The molecule has 7 nitrogen and oxygen atoms in total. The van der Waals surface area contributed by atoms with Gasteiger partial charge in [0, 0.05) is 32.7 Å². The van der Waals surface area contributed by atoms with Gasteiger partial charge in [-0.05, 0) is 14.1 Å². The number of hydrogen-bond donors (Lipinski definition) is 1. The van der Waals surface area contributed by atoms with Gasteiger partial charge in [-0.25, -0.2) is 0 Å². The van der Waals surface area contributed by atoms with E-state index in [1.807, 2.05) is 19.0 Å². The maximum Gasteiger partial charge on any atom is 0.304 e. The quantitative estimate of drug-likeness (QED) is 0.658. The van der Waals surface area contributed by atoms with Crippen molar-refractivity contribution in [1.29, 1.82) is 0 Å². The molecule has 0 aromatic rings. The Morgan fingerprint density at radius 1 is 1.24 bits per heavy atom. The largest absolute Gasteiger partial charge is 0.481 e. The van der Waals surface area contributed by atoms with Crippen LogP contribution in [0.5, 0.6) is 0 Å². The number of carbonyl (C=O) groups is 1. The topological polar surface area (TPSA) is 81.2 Å². The van der Waals surface area contributed by atoms with Gasteiger partial charge in [0.25, 0.3) is 10.2 Å². The van der Waals surface area contributed by atoms with Crippen molar-refractivity contribution in [2.75, 3.05) is 46.8 Å². The number of likely N-dealkylation sites (N-methyl/N-ethyl adjacent to an activating group) is 1. The Morgan fingerprint density at radius 2 is 1.76 bits per heavy atom. The number of rotatable bonds is 6. The minimum Gasteiger partial charge on any atom is -0.481 e. The van der Waals surface area contributed by atoms with E-state index in [-0.39, 0.29) is 13.0 Å². The second kappa shape index (κ2) is 5.76. The molecule has 1 heterocycles. The summed E-state index contributed by atoms with van der Waals surface area (Å²) in [5.41, 5.74) is 0. The first-order valence-corrected chi connectivity index (χ1v) is 6.85. The van der Waals surface area contributed by atoms with Gasteiger partial charge in [0.2, 0.25) is 0 Å². The molecule has 1 aliphatic rings. The van der Waals surface area contributed by atoms with E-state index < -0.39 is 16.2 Å². The number of carboxylic acid groups (broad SMARTS) is 1. The molecule has 1 rings (SSSR count). The van der Waals surface area contributed by atoms with Crippen LogP contribution < -0.4 is 0 Å². The number of carboxylic acids is 1. The maximum absolute atomic E-state index is 12.0. The van der Waals surface area contributed by atoms with Crippen molar-refractivity contribution in [2.24, 2.45) is 0 Å². The highest BCUT2D eigenvalue weighted by Gasteiger charge is 2.35. The Bertz CT molecular complexity index is 368. The second-order valence-electron chi connectivity index (χ2n) is 4.25. The van der Waals surface area contributed by atoms with E-state index in [9.17, 15) is 13.2 Å². The minimum atomic E-state index is -3.44. The van der Waals surface area contributed by atoms with E-state index in [1.165, 1.54) is 8.61 Å². The summed E-state index contributed by atoms with van der Waals surface area (Å²) in [6.07, 6.45) is -0.152. The van der Waals surface area contributed by atoms with Gasteiger partial charge in [0.05, 0.1) is 6.42 Å². The summed E-state index contributed by atoms with van der Waals surface area (Å²) in [5, 5.41) is 8.54. The third-order valence-corrected chi connectivity index (χ3v) is 4.66. The molecule has 0 aromatic carbocycles. The highest BCUT2D eigenvalue weighted by Crippen LogP contribution is 2.16. The molecule has 1 N–H and O–H groups in total. The predicted octanol–water partition coefficient (Wildman–Crippen LogP) is -1.11. The number of nitrogens with zero attached hydrogens (tertiary/aromatic N) is 3. The summed E-state index contributed by atoms with van der Waals surface area (Å²) in [7, 11) is 0.317. The van der Waals surface area contributed by atoms with E-state index in [4.69, 9.17) is 5.11 Å². The van der Waals surface area contributed by atoms with Crippen LogP contribution >= 0.6 is 0 Å². The van der Waals surface area contributed by atoms with Gasteiger partial charge in [-0.1, -0.05) is 0 Å². The number of aliphatic carboxylic acids is 1. The molecular formula is C9H19N3O4S. The smallest absolute Gasteiger partial charge is 0.304 e. The monoisotopic (exact) mass is 265 g/mol. The zero-order valence-electron chi connectivity index (χ0n) is 10.2. The van der Waals surface area contributed by atoms with Crippen molar-refractivity contribution >= 4 is 16.2 Å². The third kappa shape index (κ3) is 3.91. The van der Waals surface area contributed by atoms with Crippen LogP contribution in [0, 0.1) is 0 Å². The minimum absolute atomic E-state index is 0.0517. The lowest BCUT2D eigenvalue weighted by atomic mass is 10.4. The fraction of sp³-hybridized carbons (Fsp3) is 0.889. The summed E-state index contributed by atoms with van der Waals surface area (Å²) in [5.74, 6) is -0.980. The Morgan fingerprint density at radius 3 is 2.24 bits per heavy atom. The molecule has 0 spiro atoms. The fourth-order valence-electron chi connectivity index (χ4n) is 1.60. The highest BCUT2D eigenvalue weighted by atomic mass is 32.2. The van der Waals surface area contributed by atoms with Crippen LogP contribution in [0.1, 0.15) is 6.42 Å². The molecule has 17 heavy (non-hydrogen) atoms. The van der Waals surface area contributed by atoms with Gasteiger partial charge in [0.15, 0.2) is 0 Å². The van der Waals surface area contributed by atoms with Crippen molar-refractivity contribution in [1.82, 2.24) is 13.5 Å². The summed E-state index contributed by atoms with van der Waals surface area (Å²) in [6, 6.07) is 0. The van der Waals surface area contributed by atoms with Crippen LogP contribution in [0.25, 0.3) is 0 Å². The third-order valence-electron chi connectivity index (χ3n) is 2.62. The normalized spacial score (nSPS) is 21.1. The standard InChI is InChI=1S/C9H19N3O4S/c1-10(2)5-6-12-8-7-11(17(12,15)16)4-3-9(13)14/h3-8H2,1-2H3,(H,13,14). The average molecular weight is 265 g/mol. The zero-order valence-corrected chi connectivity index (χ0v) is 11.0. The molecule has 1 saturated heterocycles. The van der Waals surface area contributed by atoms with Crippen LogP contribution in [0.2, 0.25) is 0 Å². The highest BCUT2D eigenvalue weighted by molar-refractivity contribution is 7.87. The van der Waals surface area contributed by atoms with E-state index in [0.29, 0.717) is 26.2 Å². The Balaban J connectivity index is 2.54. The summed E-state index contributed by atoms with van der Waals surface area (Å²) >= 11 is 0.